The van der Waals surface area contributed by atoms with Crippen molar-refractivity contribution in [3.05, 3.63) is 50.0 Å². The fraction of sp³-hybridized carbons (Fsp3) is 0.0833. The van der Waals surface area contributed by atoms with Gasteiger partial charge in [0, 0.05) is 10.7 Å². The van der Waals surface area contributed by atoms with Gasteiger partial charge in [0.05, 0.1) is 15.2 Å². The van der Waals surface area contributed by atoms with Gasteiger partial charge >= 0.3 is 0 Å². The SMILES string of the molecule is Cc1ccc(Nc2ncc(Cl)cc2Br)c(Br)c1. The van der Waals surface area contributed by atoms with E-state index in [4.69, 9.17) is 11.6 Å². The Bertz CT molecular complexity index is 509. The molecule has 0 aliphatic heterocycles. The minimum absolute atomic E-state index is 0.602. The van der Waals surface area contributed by atoms with Crippen LogP contribution >= 0.6 is 43.5 Å². The standard InChI is InChI=1S/C12H9Br2ClN2/c1-7-2-3-11(9(13)4-7)17-12-10(14)5-8(15)6-16-12/h2-6H,1H3,(H,16,17). The van der Waals surface area contributed by atoms with Gasteiger partial charge in [-0.1, -0.05) is 17.7 Å². The Kier molecular flexibility index (Phi) is 4.07. The second-order valence-corrected chi connectivity index (χ2v) is 5.74. The first-order valence-corrected chi connectivity index (χ1v) is 6.87. The monoisotopic (exact) mass is 374 g/mol. The van der Waals surface area contributed by atoms with E-state index in [1.165, 1.54) is 5.56 Å². The van der Waals surface area contributed by atoms with E-state index >= 15 is 0 Å². The van der Waals surface area contributed by atoms with Gasteiger partial charge < -0.3 is 5.32 Å². The first kappa shape index (κ1) is 12.9. The van der Waals surface area contributed by atoms with Gasteiger partial charge in [-0.25, -0.2) is 4.98 Å². The van der Waals surface area contributed by atoms with Gasteiger partial charge in [-0.2, -0.15) is 0 Å². The fourth-order valence-electron chi connectivity index (χ4n) is 1.36. The second kappa shape index (κ2) is 5.38. The predicted molar refractivity (Wildman–Crippen MR) is 79.1 cm³/mol. The van der Waals surface area contributed by atoms with Crippen LogP contribution < -0.4 is 5.32 Å². The summed E-state index contributed by atoms with van der Waals surface area (Å²) in [5, 5.41) is 3.83. The summed E-state index contributed by atoms with van der Waals surface area (Å²) < 4.78 is 1.83. The van der Waals surface area contributed by atoms with E-state index in [1.54, 1.807) is 12.3 Å². The maximum atomic E-state index is 5.84. The van der Waals surface area contributed by atoms with Gasteiger partial charge in [0.2, 0.25) is 0 Å². The Labute approximate surface area is 122 Å². The van der Waals surface area contributed by atoms with E-state index in [-0.39, 0.29) is 0 Å². The number of benzene rings is 1. The molecule has 0 atom stereocenters. The van der Waals surface area contributed by atoms with Gasteiger partial charge in [0.25, 0.3) is 0 Å². The molecule has 2 rings (SSSR count). The van der Waals surface area contributed by atoms with Crippen LogP contribution in [0.5, 0.6) is 0 Å². The highest BCUT2D eigenvalue weighted by Crippen LogP contribution is 2.30. The van der Waals surface area contributed by atoms with Gasteiger partial charge in [0.1, 0.15) is 5.82 Å². The first-order valence-electron chi connectivity index (χ1n) is 4.90. The van der Waals surface area contributed by atoms with E-state index in [2.05, 4.69) is 42.2 Å². The van der Waals surface area contributed by atoms with Crippen molar-refractivity contribution in [1.82, 2.24) is 4.98 Å². The summed E-state index contributed by atoms with van der Waals surface area (Å²) in [7, 11) is 0. The Morgan fingerprint density at radius 2 is 1.94 bits per heavy atom. The van der Waals surface area contributed by atoms with Crippen LogP contribution in [-0.4, -0.2) is 4.98 Å². The van der Waals surface area contributed by atoms with Gasteiger partial charge in [-0.3, -0.25) is 0 Å². The third-order valence-electron chi connectivity index (χ3n) is 2.19. The van der Waals surface area contributed by atoms with Crippen molar-refractivity contribution in [1.29, 1.82) is 0 Å². The van der Waals surface area contributed by atoms with Crippen LogP contribution in [-0.2, 0) is 0 Å². The smallest absolute Gasteiger partial charge is 0.144 e. The lowest BCUT2D eigenvalue weighted by Gasteiger charge is -2.10. The van der Waals surface area contributed by atoms with Crippen molar-refractivity contribution < 1.29 is 0 Å². The van der Waals surface area contributed by atoms with E-state index in [1.807, 2.05) is 25.1 Å². The molecule has 1 heterocycles. The topological polar surface area (TPSA) is 24.9 Å². The minimum Gasteiger partial charge on any atom is -0.338 e. The van der Waals surface area contributed by atoms with Crippen molar-refractivity contribution >= 4 is 55.0 Å². The molecule has 2 nitrogen and oxygen atoms in total. The lowest BCUT2D eigenvalue weighted by Crippen LogP contribution is -1.95. The quantitative estimate of drug-likeness (QED) is 0.768. The zero-order valence-electron chi connectivity index (χ0n) is 8.97. The molecule has 0 fully saturated rings. The first-order chi connectivity index (χ1) is 8.06. The van der Waals surface area contributed by atoms with Crippen LogP contribution in [0.3, 0.4) is 0 Å². The summed E-state index contributed by atoms with van der Waals surface area (Å²) in [5.41, 5.74) is 2.16. The average Bonchev–Trinajstić information content (AvgIpc) is 2.25. The molecule has 88 valence electrons. The van der Waals surface area contributed by atoms with Gasteiger partial charge in [-0.15, -0.1) is 0 Å². The average molecular weight is 376 g/mol. The van der Waals surface area contributed by atoms with Gasteiger partial charge in [-0.05, 0) is 62.5 Å². The summed E-state index contributed by atoms with van der Waals surface area (Å²) in [6.45, 7) is 2.05. The summed E-state index contributed by atoms with van der Waals surface area (Å²) >= 11 is 12.8. The van der Waals surface area contributed by atoms with Crippen LogP contribution in [0, 0.1) is 6.92 Å². The molecule has 1 aromatic heterocycles. The largest absolute Gasteiger partial charge is 0.338 e. The number of aryl methyl sites for hydroxylation is 1. The molecule has 17 heavy (non-hydrogen) atoms. The molecule has 0 amide bonds. The van der Waals surface area contributed by atoms with Gasteiger partial charge in [0.15, 0.2) is 0 Å². The molecule has 0 bridgehead atoms. The third-order valence-corrected chi connectivity index (χ3v) is 3.65. The summed E-state index contributed by atoms with van der Waals surface area (Å²) in [5.74, 6) is 0.735. The number of hydrogen-bond donors (Lipinski definition) is 1. The Balaban J connectivity index is 2.31. The second-order valence-electron chi connectivity index (χ2n) is 3.59. The number of anilines is 2. The number of pyridine rings is 1. The highest BCUT2D eigenvalue weighted by Gasteiger charge is 2.05. The number of aromatic nitrogens is 1. The van der Waals surface area contributed by atoms with Crippen LogP contribution in [0.15, 0.2) is 39.4 Å². The summed E-state index contributed by atoms with van der Waals surface area (Å²) in [4.78, 5) is 4.23. The molecule has 0 saturated heterocycles. The van der Waals surface area contributed by atoms with Crippen molar-refractivity contribution in [3.63, 3.8) is 0 Å². The molecule has 2 aromatic rings. The van der Waals surface area contributed by atoms with E-state index in [0.717, 1.165) is 20.5 Å². The molecular weight excluding hydrogens is 367 g/mol. The van der Waals surface area contributed by atoms with Crippen molar-refractivity contribution in [3.8, 4) is 0 Å². The molecule has 0 spiro atoms. The van der Waals surface area contributed by atoms with E-state index in [9.17, 15) is 0 Å². The minimum atomic E-state index is 0.602. The number of hydrogen-bond acceptors (Lipinski definition) is 2. The molecule has 5 heteroatoms. The van der Waals surface area contributed by atoms with Crippen LogP contribution in [0.25, 0.3) is 0 Å². The highest BCUT2D eigenvalue weighted by molar-refractivity contribution is 9.11. The lowest BCUT2D eigenvalue weighted by molar-refractivity contribution is 1.28. The zero-order chi connectivity index (χ0) is 12.4. The maximum absolute atomic E-state index is 5.84. The fourth-order valence-corrected chi connectivity index (χ4v) is 2.69. The number of halogens is 3. The van der Waals surface area contributed by atoms with Crippen LogP contribution in [0.2, 0.25) is 5.02 Å². The summed E-state index contributed by atoms with van der Waals surface area (Å²) in [6, 6.07) is 7.89. The Morgan fingerprint density at radius 3 is 2.59 bits per heavy atom. The predicted octanol–water partition coefficient (Wildman–Crippen LogP) is 5.31. The number of rotatable bonds is 2. The van der Waals surface area contributed by atoms with Crippen molar-refractivity contribution in [2.45, 2.75) is 6.92 Å². The Morgan fingerprint density at radius 1 is 1.18 bits per heavy atom. The maximum Gasteiger partial charge on any atom is 0.144 e. The molecule has 1 aromatic carbocycles. The highest BCUT2D eigenvalue weighted by atomic mass is 79.9. The molecule has 0 unspecified atom stereocenters. The molecular formula is C12H9Br2ClN2. The molecule has 0 radical (unpaired) electrons. The van der Waals surface area contributed by atoms with Crippen LogP contribution in [0.4, 0.5) is 11.5 Å². The molecule has 1 N–H and O–H groups in total. The number of nitrogens with zero attached hydrogens (tertiary/aromatic N) is 1. The van der Waals surface area contributed by atoms with E-state index < -0.39 is 0 Å². The Hall–Kier alpha value is -0.580. The molecule has 0 aliphatic carbocycles. The normalized spacial score (nSPS) is 10.4. The molecule has 0 aliphatic rings. The van der Waals surface area contributed by atoms with Crippen LogP contribution in [0.1, 0.15) is 5.56 Å². The number of nitrogens with one attached hydrogen (secondary N) is 1. The van der Waals surface area contributed by atoms with Crippen molar-refractivity contribution in [2.24, 2.45) is 0 Å². The lowest BCUT2D eigenvalue weighted by atomic mass is 10.2. The van der Waals surface area contributed by atoms with Crippen molar-refractivity contribution in [2.75, 3.05) is 5.32 Å². The summed E-state index contributed by atoms with van der Waals surface area (Å²) in [6.07, 6.45) is 1.61. The molecule has 0 saturated carbocycles. The third kappa shape index (κ3) is 3.21. The van der Waals surface area contributed by atoms with E-state index in [0.29, 0.717) is 5.02 Å². The zero-order valence-corrected chi connectivity index (χ0v) is 12.9.